The van der Waals surface area contributed by atoms with Crippen molar-refractivity contribution in [1.82, 2.24) is 4.98 Å². The number of benzene rings is 1. The van der Waals surface area contributed by atoms with Crippen molar-refractivity contribution in [2.75, 3.05) is 20.8 Å². The van der Waals surface area contributed by atoms with Crippen molar-refractivity contribution < 1.29 is 23.8 Å². The number of hydrogen-bond donors (Lipinski definition) is 1. The van der Waals surface area contributed by atoms with Gasteiger partial charge in [-0.2, -0.15) is 0 Å². The minimum Gasteiger partial charge on any atom is -0.497 e. The Bertz CT molecular complexity index is 672. The summed E-state index contributed by atoms with van der Waals surface area (Å²) in [6.45, 7) is 1.97. The van der Waals surface area contributed by atoms with E-state index in [2.05, 4.69) is 9.72 Å². The van der Waals surface area contributed by atoms with Gasteiger partial charge in [-0.1, -0.05) is 0 Å². The molecule has 116 valence electrons. The van der Waals surface area contributed by atoms with Gasteiger partial charge in [-0.25, -0.2) is 9.59 Å². The molecule has 1 heterocycles. The molecule has 0 aliphatic rings. The van der Waals surface area contributed by atoms with Crippen LogP contribution in [0, 0.1) is 0 Å². The molecule has 0 fully saturated rings. The van der Waals surface area contributed by atoms with Crippen LogP contribution in [0.25, 0.3) is 11.3 Å². The summed E-state index contributed by atoms with van der Waals surface area (Å²) in [5.74, 6) is -0.355. The quantitative estimate of drug-likeness (QED) is 0.859. The van der Waals surface area contributed by atoms with Crippen molar-refractivity contribution in [3.8, 4) is 17.0 Å². The Morgan fingerprint density at radius 2 is 1.77 bits per heavy atom. The summed E-state index contributed by atoms with van der Waals surface area (Å²) in [5.41, 5.74) is 1.71. The van der Waals surface area contributed by atoms with Crippen LogP contribution < -0.4 is 4.74 Å². The number of carbonyl (C=O) groups excluding carboxylic acids is 2. The van der Waals surface area contributed by atoms with E-state index in [4.69, 9.17) is 9.47 Å². The SMILES string of the molecule is CCOC(=O)c1cc(C(=O)OC)[nH]c1-c1ccc(OC)cc1. The lowest BCUT2D eigenvalue weighted by atomic mass is 10.1. The van der Waals surface area contributed by atoms with Crippen LogP contribution in [0.1, 0.15) is 27.8 Å². The third kappa shape index (κ3) is 3.11. The van der Waals surface area contributed by atoms with Crippen LogP contribution in [0.3, 0.4) is 0 Å². The molecule has 1 aromatic heterocycles. The first-order valence-electron chi connectivity index (χ1n) is 6.73. The van der Waals surface area contributed by atoms with Gasteiger partial charge < -0.3 is 19.2 Å². The minimum absolute atomic E-state index is 0.191. The van der Waals surface area contributed by atoms with E-state index in [-0.39, 0.29) is 17.9 Å². The Labute approximate surface area is 128 Å². The number of methoxy groups -OCH3 is 2. The van der Waals surface area contributed by atoms with Gasteiger partial charge in [-0.05, 0) is 42.8 Å². The number of rotatable bonds is 5. The Kier molecular flexibility index (Phi) is 4.83. The molecule has 22 heavy (non-hydrogen) atoms. The zero-order valence-electron chi connectivity index (χ0n) is 12.6. The first kappa shape index (κ1) is 15.6. The zero-order chi connectivity index (χ0) is 16.1. The summed E-state index contributed by atoms with van der Waals surface area (Å²) in [4.78, 5) is 26.6. The first-order chi connectivity index (χ1) is 10.6. The van der Waals surface area contributed by atoms with Crippen molar-refractivity contribution in [3.63, 3.8) is 0 Å². The van der Waals surface area contributed by atoms with Gasteiger partial charge in [-0.15, -0.1) is 0 Å². The Balaban J connectivity index is 2.48. The maximum Gasteiger partial charge on any atom is 0.354 e. The highest BCUT2D eigenvalue weighted by atomic mass is 16.5. The molecule has 2 rings (SSSR count). The summed E-state index contributed by atoms with van der Waals surface area (Å²) in [6, 6.07) is 8.54. The van der Waals surface area contributed by atoms with Gasteiger partial charge >= 0.3 is 11.9 Å². The number of aromatic nitrogens is 1. The van der Waals surface area contributed by atoms with Crippen molar-refractivity contribution in [2.24, 2.45) is 0 Å². The molecule has 6 nitrogen and oxygen atoms in total. The number of hydrogen-bond acceptors (Lipinski definition) is 5. The van der Waals surface area contributed by atoms with Crippen LogP contribution >= 0.6 is 0 Å². The highest BCUT2D eigenvalue weighted by Gasteiger charge is 2.21. The number of ether oxygens (including phenoxy) is 3. The second-order valence-corrected chi connectivity index (χ2v) is 4.41. The van der Waals surface area contributed by atoms with Gasteiger partial charge in [0.15, 0.2) is 0 Å². The fourth-order valence-electron chi connectivity index (χ4n) is 2.03. The number of H-pyrrole nitrogens is 1. The molecule has 0 aliphatic carbocycles. The zero-order valence-corrected chi connectivity index (χ0v) is 12.6. The Hall–Kier alpha value is -2.76. The molecule has 0 aliphatic heterocycles. The Morgan fingerprint density at radius 1 is 1.09 bits per heavy atom. The van der Waals surface area contributed by atoms with E-state index in [9.17, 15) is 9.59 Å². The van der Waals surface area contributed by atoms with E-state index >= 15 is 0 Å². The van der Waals surface area contributed by atoms with Crippen LogP contribution in [0.4, 0.5) is 0 Å². The second-order valence-electron chi connectivity index (χ2n) is 4.41. The lowest BCUT2D eigenvalue weighted by Gasteiger charge is -2.05. The van der Waals surface area contributed by atoms with E-state index < -0.39 is 11.9 Å². The topological polar surface area (TPSA) is 77.6 Å². The van der Waals surface area contributed by atoms with E-state index in [1.165, 1.54) is 13.2 Å². The molecule has 2 aromatic rings. The standard InChI is InChI=1S/C16H17NO5/c1-4-22-15(18)12-9-13(16(19)21-3)17-14(12)10-5-7-11(20-2)8-6-10/h5-9,17H,4H2,1-3H3. The molecule has 0 unspecified atom stereocenters. The summed E-state index contributed by atoms with van der Waals surface area (Å²) < 4.78 is 14.8. The van der Waals surface area contributed by atoms with E-state index in [1.54, 1.807) is 38.3 Å². The maximum absolute atomic E-state index is 12.1. The highest BCUT2D eigenvalue weighted by Crippen LogP contribution is 2.27. The molecule has 0 spiro atoms. The van der Waals surface area contributed by atoms with E-state index in [0.717, 1.165) is 5.56 Å². The lowest BCUT2D eigenvalue weighted by molar-refractivity contribution is 0.0527. The van der Waals surface area contributed by atoms with Gasteiger partial charge in [0.25, 0.3) is 0 Å². The number of aromatic amines is 1. The largest absolute Gasteiger partial charge is 0.497 e. The van der Waals surface area contributed by atoms with Gasteiger partial charge in [0, 0.05) is 0 Å². The molecular weight excluding hydrogens is 286 g/mol. The van der Waals surface area contributed by atoms with Crippen molar-refractivity contribution in [2.45, 2.75) is 6.92 Å². The number of nitrogens with one attached hydrogen (secondary N) is 1. The highest BCUT2D eigenvalue weighted by molar-refractivity contribution is 6.00. The van der Waals surface area contributed by atoms with E-state index in [0.29, 0.717) is 11.4 Å². The van der Waals surface area contributed by atoms with E-state index in [1.807, 2.05) is 0 Å². The minimum atomic E-state index is -0.551. The number of esters is 2. The predicted molar refractivity (Wildman–Crippen MR) is 80.1 cm³/mol. The number of carbonyl (C=O) groups is 2. The smallest absolute Gasteiger partial charge is 0.354 e. The fraction of sp³-hybridized carbons (Fsp3) is 0.250. The van der Waals surface area contributed by atoms with Crippen LogP contribution in [0.5, 0.6) is 5.75 Å². The normalized spacial score (nSPS) is 10.1. The monoisotopic (exact) mass is 303 g/mol. The van der Waals surface area contributed by atoms with Gasteiger partial charge in [-0.3, -0.25) is 0 Å². The van der Waals surface area contributed by atoms with Gasteiger partial charge in [0.1, 0.15) is 11.4 Å². The van der Waals surface area contributed by atoms with Crippen LogP contribution in [-0.2, 0) is 9.47 Å². The molecule has 0 amide bonds. The van der Waals surface area contributed by atoms with Gasteiger partial charge in [0.2, 0.25) is 0 Å². The predicted octanol–water partition coefficient (Wildman–Crippen LogP) is 2.65. The second kappa shape index (κ2) is 6.80. The molecule has 0 atom stereocenters. The molecule has 0 saturated carbocycles. The van der Waals surface area contributed by atoms with Crippen molar-refractivity contribution >= 4 is 11.9 Å². The molecule has 6 heteroatoms. The summed E-state index contributed by atoms with van der Waals surface area (Å²) in [7, 11) is 2.85. The maximum atomic E-state index is 12.1. The molecule has 0 bridgehead atoms. The van der Waals surface area contributed by atoms with Crippen LogP contribution in [-0.4, -0.2) is 37.7 Å². The summed E-state index contributed by atoms with van der Waals surface area (Å²) >= 11 is 0. The first-order valence-corrected chi connectivity index (χ1v) is 6.73. The molecular formula is C16H17NO5. The van der Waals surface area contributed by atoms with Gasteiger partial charge in [0.05, 0.1) is 32.1 Å². The summed E-state index contributed by atoms with van der Waals surface area (Å²) in [6.07, 6.45) is 0. The molecule has 1 N–H and O–H groups in total. The molecule has 0 saturated heterocycles. The van der Waals surface area contributed by atoms with Crippen molar-refractivity contribution in [3.05, 3.63) is 41.6 Å². The third-order valence-corrected chi connectivity index (χ3v) is 3.10. The van der Waals surface area contributed by atoms with Crippen LogP contribution in [0.15, 0.2) is 30.3 Å². The fourth-order valence-corrected chi connectivity index (χ4v) is 2.03. The average Bonchev–Trinajstić information content (AvgIpc) is 2.99. The summed E-state index contributed by atoms with van der Waals surface area (Å²) in [5, 5.41) is 0. The lowest BCUT2D eigenvalue weighted by Crippen LogP contribution is -2.05. The Morgan fingerprint density at radius 3 is 2.32 bits per heavy atom. The average molecular weight is 303 g/mol. The third-order valence-electron chi connectivity index (χ3n) is 3.10. The molecule has 1 aromatic carbocycles. The molecule has 0 radical (unpaired) electrons. The van der Waals surface area contributed by atoms with Crippen molar-refractivity contribution in [1.29, 1.82) is 0 Å². The van der Waals surface area contributed by atoms with Crippen LogP contribution in [0.2, 0.25) is 0 Å².